The van der Waals surface area contributed by atoms with Crippen LogP contribution in [0.15, 0.2) is 36.7 Å². The summed E-state index contributed by atoms with van der Waals surface area (Å²) >= 11 is 0. The van der Waals surface area contributed by atoms with Gasteiger partial charge in [-0.05, 0) is 48.8 Å². The molecule has 4 atom stereocenters. The standard InChI is InChI=1S/C48H72N16O8.ClH/c1-6-22-70-24-26-72-27-25-71-23-13-51-46-52-47(61-18-14-59(15-19-61)44(68)41(11-12-43(66)67)63-31-39(55-57-63)37(49)28-33(2)3)54-48(53-46)62-20-16-60(17-21-62)45(69)42(30-35-7-9-36(65)10-8-35)64-32-40(56-58-64)38(50)29-34(4)5;/h1,7-10,31-34,37-38,41-42,65H,11-30,49-50H2,2-5H3,(H,66,67)(H,51,52,53,54);1H/t37?,38?,41-,42+;/m0./s1. The maximum absolute atomic E-state index is 14.5. The molecule has 2 aliphatic heterocycles. The largest absolute Gasteiger partial charge is 0.508 e. The Bertz CT molecular complexity index is 2370. The smallest absolute Gasteiger partial charge is 0.303 e. The number of aromatic hydroxyl groups is 1. The van der Waals surface area contributed by atoms with Crippen molar-refractivity contribution in [2.24, 2.45) is 23.3 Å². The minimum absolute atomic E-state index is 0. The number of phenolic OH excluding ortho intramolecular Hbond substituents is 1. The molecule has 2 aliphatic rings. The van der Waals surface area contributed by atoms with E-state index in [1.807, 2.05) is 14.7 Å². The summed E-state index contributed by atoms with van der Waals surface area (Å²) in [6, 6.07) is 4.48. The Balaban J connectivity index is 0.00000988. The first kappa shape index (κ1) is 57.7. The first-order valence-electron chi connectivity index (χ1n) is 24.8. The fourth-order valence-electron chi connectivity index (χ4n) is 8.46. The zero-order chi connectivity index (χ0) is 51.6. The van der Waals surface area contributed by atoms with Gasteiger partial charge in [-0.15, -0.1) is 29.0 Å². The number of anilines is 3. The molecule has 1 aromatic carbocycles. The number of carbonyl (C=O) groups excluding carboxylic acids is 2. The van der Waals surface area contributed by atoms with Gasteiger partial charge < -0.3 is 60.8 Å². The number of hydrogen-bond acceptors (Lipinski definition) is 19. The highest BCUT2D eigenvalue weighted by atomic mass is 35.5. The average Bonchev–Trinajstić information content (AvgIpc) is 4.07. The predicted octanol–water partition coefficient (Wildman–Crippen LogP) is 2.26. The number of hydrogen-bond donors (Lipinski definition) is 5. The fraction of sp³-hybridized carbons (Fsp3) is 0.625. The molecule has 7 N–H and O–H groups in total. The zero-order valence-corrected chi connectivity index (χ0v) is 43.2. The first-order valence-corrected chi connectivity index (χ1v) is 24.8. The molecule has 2 fully saturated rings. The molecule has 6 rings (SSSR count). The number of carbonyl (C=O) groups is 3. The third-order valence-corrected chi connectivity index (χ3v) is 12.3. The van der Waals surface area contributed by atoms with E-state index in [9.17, 15) is 24.6 Å². The number of amides is 2. The molecule has 2 amide bonds. The number of aliphatic carboxylic acids is 1. The van der Waals surface area contributed by atoms with Crippen LogP contribution in [0.4, 0.5) is 17.8 Å². The molecule has 0 saturated carbocycles. The van der Waals surface area contributed by atoms with Gasteiger partial charge in [0, 0.05) is 71.7 Å². The van der Waals surface area contributed by atoms with Crippen molar-refractivity contribution in [3.05, 3.63) is 53.6 Å². The third-order valence-electron chi connectivity index (χ3n) is 12.3. The number of nitrogens with zero attached hydrogens (tertiary/aromatic N) is 13. The van der Waals surface area contributed by atoms with Crippen LogP contribution in [-0.2, 0) is 35.0 Å². The number of benzene rings is 1. The summed E-state index contributed by atoms with van der Waals surface area (Å²) in [5.41, 5.74) is 14.8. The van der Waals surface area contributed by atoms with Crippen LogP contribution in [0, 0.1) is 24.2 Å². The monoisotopic (exact) mass is 1040 g/mol. The number of carboxylic acids is 1. The van der Waals surface area contributed by atoms with Gasteiger partial charge in [0.05, 0.1) is 68.9 Å². The van der Waals surface area contributed by atoms with Gasteiger partial charge in [0.15, 0.2) is 0 Å². The molecule has 25 heteroatoms. The molecule has 400 valence electrons. The number of halogens is 1. The third kappa shape index (κ3) is 17.5. The highest BCUT2D eigenvalue weighted by Crippen LogP contribution is 2.26. The van der Waals surface area contributed by atoms with Crippen LogP contribution in [0.25, 0.3) is 0 Å². The minimum atomic E-state index is -1.02. The van der Waals surface area contributed by atoms with Gasteiger partial charge in [-0.3, -0.25) is 14.4 Å². The van der Waals surface area contributed by atoms with E-state index in [1.165, 1.54) is 4.68 Å². The van der Waals surface area contributed by atoms with E-state index >= 15 is 0 Å². The summed E-state index contributed by atoms with van der Waals surface area (Å²) in [5, 5.41) is 40.0. The van der Waals surface area contributed by atoms with Gasteiger partial charge in [-0.1, -0.05) is 56.2 Å². The lowest BCUT2D eigenvalue weighted by Crippen LogP contribution is -2.52. The summed E-state index contributed by atoms with van der Waals surface area (Å²) in [6.45, 7) is 13.8. The van der Waals surface area contributed by atoms with Crippen LogP contribution in [0.2, 0.25) is 0 Å². The number of terminal acetylenes is 1. The quantitative estimate of drug-likeness (QED) is 0.0403. The Morgan fingerprint density at radius 2 is 1.19 bits per heavy atom. The Morgan fingerprint density at radius 3 is 1.68 bits per heavy atom. The highest BCUT2D eigenvalue weighted by Gasteiger charge is 2.34. The van der Waals surface area contributed by atoms with Crippen molar-refractivity contribution in [2.75, 3.05) is 114 Å². The van der Waals surface area contributed by atoms with Crippen LogP contribution >= 0.6 is 12.4 Å². The Morgan fingerprint density at radius 1 is 0.712 bits per heavy atom. The van der Waals surface area contributed by atoms with Crippen LogP contribution in [0.3, 0.4) is 0 Å². The topological polar surface area (TPSA) is 296 Å². The fourth-order valence-corrected chi connectivity index (χ4v) is 8.46. The molecule has 0 spiro atoms. The molecule has 2 unspecified atom stereocenters. The van der Waals surface area contributed by atoms with Gasteiger partial charge >= 0.3 is 5.97 Å². The molecule has 73 heavy (non-hydrogen) atoms. The van der Waals surface area contributed by atoms with E-state index in [4.69, 9.17) is 47.1 Å². The lowest BCUT2D eigenvalue weighted by Gasteiger charge is -2.38. The Hall–Kier alpha value is -6.23. The van der Waals surface area contributed by atoms with Crippen molar-refractivity contribution in [3.8, 4) is 18.1 Å². The average molecular weight is 1040 g/mol. The number of nitrogens with two attached hydrogens (primary N) is 2. The highest BCUT2D eigenvalue weighted by molar-refractivity contribution is 5.85. The summed E-state index contributed by atoms with van der Waals surface area (Å²) in [7, 11) is 0. The first-order chi connectivity index (χ1) is 34.7. The minimum Gasteiger partial charge on any atom is -0.508 e. The predicted molar refractivity (Wildman–Crippen MR) is 274 cm³/mol. The van der Waals surface area contributed by atoms with Crippen molar-refractivity contribution in [1.82, 2.24) is 54.7 Å². The van der Waals surface area contributed by atoms with Crippen LogP contribution in [0.1, 0.15) is 94.5 Å². The van der Waals surface area contributed by atoms with Gasteiger partial charge in [0.2, 0.25) is 29.7 Å². The second-order valence-corrected chi connectivity index (χ2v) is 18.8. The van der Waals surface area contributed by atoms with E-state index < -0.39 is 18.1 Å². The zero-order valence-electron chi connectivity index (χ0n) is 42.4. The number of rotatable bonds is 28. The molecular formula is C48H73ClN16O8. The van der Waals surface area contributed by atoms with Gasteiger partial charge in [0.1, 0.15) is 24.4 Å². The summed E-state index contributed by atoms with van der Waals surface area (Å²) in [4.78, 5) is 62.4. The second-order valence-electron chi connectivity index (χ2n) is 18.8. The molecule has 4 aromatic rings. The van der Waals surface area contributed by atoms with Gasteiger partial charge in [-0.25, -0.2) is 9.36 Å². The van der Waals surface area contributed by atoms with E-state index in [-0.39, 0.29) is 61.5 Å². The number of ether oxygens (including phenoxy) is 3. The van der Waals surface area contributed by atoms with Crippen molar-refractivity contribution in [1.29, 1.82) is 0 Å². The second kappa shape index (κ2) is 28.9. The van der Waals surface area contributed by atoms with E-state index in [2.05, 4.69) is 59.6 Å². The lowest BCUT2D eigenvalue weighted by molar-refractivity contribution is -0.139. The van der Waals surface area contributed by atoms with Crippen LogP contribution in [0.5, 0.6) is 5.75 Å². The molecule has 0 bridgehead atoms. The van der Waals surface area contributed by atoms with Crippen molar-refractivity contribution < 1.29 is 38.8 Å². The maximum Gasteiger partial charge on any atom is 0.303 e. The van der Waals surface area contributed by atoms with Crippen LogP contribution in [-0.4, -0.2) is 181 Å². The molecule has 2 saturated heterocycles. The summed E-state index contributed by atoms with van der Waals surface area (Å²) < 4.78 is 19.6. The molecule has 3 aromatic heterocycles. The molecule has 0 aliphatic carbocycles. The number of nitrogens with one attached hydrogen (secondary N) is 1. The van der Waals surface area contributed by atoms with Gasteiger partial charge in [-0.2, -0.15) is 15.0 Å². The van der Waals surface area contributed by atoms with Crippen LogP contribution < -0.4 is 26.6 Å². The van der Waals surface area contributed by atoms with Crippen molar-refractivity contribution >= 4 is 48.0 Å². The van der Waals surface area contributed by atoms with E-state index in [1.54, 1.807) is 46.2 Å². The van der Waals surface area contributed by atoms with E-state index in [0.717, 1.165) is 12.0 Å². The summed E-state index contributed by atoms with van der Waals surface area (Å²) in [6.07, 6.45) is 10.1. The molecule has 5 heterocycles. The molecular weight excluding hydrogens is 964 g/mol. The Kier molecular flexibility index (Phi) is 22.8. The SMILES string of the molecule is C#CCOCCOCCOCCNc1nc(N2CCN(C(=O)[C@@H](Cc3ccc(O)cc3)n3cc(C(N)CC(C)C)nn3)CC2)nc(N2CCN(C(=O)[C@H](CCC(=O)O)n3cc(C(N)CC(C)C)nn3)CC2)n1.Cl. The summed E-state index contributed by atoms with van der Waals surface area (Å²) in [5.74, 6) is 2.96. The van der Waals surface area contributed by atoms with Crippen molar-refractivity contribution in [2.45, 2.75) is 84.0 Å². The maximum atomic E-state index is 14.5. The van der Waals surface area contributed by atoms with Gasteiger partial charge in [0.25, 0.3) is 0 Å². The molecule has 0 radical (unpaired) electrons. The normalized spacial score (nSPS) is 15.7. The molecule has 24 nitrogen and oxygen atoms in total. The van der Waals surface area contributed by atoms with Crippen molar-refractivity contribution in [3.63, 3.8) is 0 Å². The number of carboxylic acid groups (broad SMARTS) is 1. The van der Waals surface area contributed by atoms with E-state index in [0.29, 0.717) is 146 Å². The number of piperazine rings is 2. The number of phenols is 1. The lowest BCUT2D eigenvalue weighted by atomic mass is 10.0. The number of aromatic nitrogens is 9. The Labute approximate surface area is 432 Å².